The van der Waals surface area contributed by atoms with Crippen LogP contribution in [0.15, 0.2) is 47.4 Å². The number of sulfonamides is 1. The van der Waals surface area contributed by atoms with Crippen LogP contribution in [0.1, 0.15) is 37.5 Å². The lowest BCUT2D eigenvalue weighted by molar-refractivity contribution is 0.0877. The van der Waals surface area contributed by atoms with E-state index in [1.807, 2.05) is 0 Å². The van der Waals surface area contributed by atoms with Crippen molar-refractivity contribution in [3.05, 3.63) is 65.0 Å². The lowest BCUT2D eigenvalue weighted by Crippen LogP contribution is -2.30. The van der Waals surface area contributed by atoms with Crippen LogP contribution in [0, 0.1) is 5.82 Å². The van der Waals surface area contributed by atoms with Crippen molar-refractivity contribution in [2.45, 2.75) is 11.3 Å². The SMILES string of the molecule is O=C(NCCCNS(=O)(=O)c1ccc2c(c1)C(=O)NC2=O)c1ccccc1F. The average molecular weight is 405 g/mol. The topological polar surface area (TPSA) is 121 Å². The number of amides is 3. The molecule has 0 fully saturated rings. The zero-order chi connectivity index (χ0) is 20.3. The Hall–Kier alpha value is -3.11. The molecule has 1 aliphatic heterocycles. The Bertz CT molecular complexity index is 1070. The van der Waals surface area contributed by atoms with Crippen molar-refractivity contribution in [1.29, 1.82) is 0 Å². The monoisotopic (exact) mass is 405 g/mol. The summed E-state index contributed by atoms with van der Waals surface area (Å²) < 4.78 is 40.5. The van der Waals surface area contributed by atoms with Gasteiger partial charge in [0, 0.05) is 13.1 Å². The highest BCUT2D eigenvalue weighted by atomic mass is 32.2. The number of hydrogen-bond acceptors (Lipinski definition) is 5. The average Bonchev–Trinajstić information content (AvgIpc) is 2.95. The van der Waals surface area contributed by atoms with E-state index in [1.165, 1.54) is 36.4 Å². The van der Waals surface area contributed by atoms with Crippen molar-refractivity contribution in [2.24, 2.45) is 0 Å². The maximum Gasteiger partial charge on any atom is 0.258 e. The van der Waals surface area contributed by atoms with Crippen molar-refractivity contribution < 1.29 is 27.2 Å². The summed E-state index contributed by atoms with van der Waals surface area (Å²) in [5, 5.41) is 4.60. The summed E-state index contributed by atoms with van der Waals surface area (Å²) >= 11 is 0. The summed E-state index contributed by atoms with van der Waals surface area (Å²) in [4.78, 5) is 34.9. The maximum atomic E-state index is 13.5. The third-order valence-electron chi connectivity index (χ3n) is 4.07. The largest absolute Gasteiger partial charge is 0.352 e. The third kappa shape index (κ3) is 4.07. The molecule has 3 N–H and O–H groups in total. The molecule has 28 heavy (non-hydrogen) atoms. The minimum atomic E-state index is -3.90. The zero-order valence-electron chi connectivity index (χ0n) is 14.5. The first-order chi connectivity index (χ1) is 13.3. The fraction of sp³-hybridized carbons (Fsp3) is 0.167. The standard InChI is InChI=1S/C18H16FN3O5S/c19-15-5-2-1-4-13(15)16(23)20-8-3-9-21-28(26,27)11-6-7-12-14(10-11)18(25)22-17(12)24/h1-2,4-7,10,21H,3,8-9H2,(H,20,23)(H,22,24,25). The molecule has 10 heteroatoms. The second kappa shape index (κ2) is 7.87. The smallest absolute Gasteiger partial charge is 0.258 e. The van der Waals surface area contributed by atoms with Gasteiger partial charge in [-0.15, -0.1) is 0 Å². The summed E-state index contributed by atoms with van der Waals surface area (Å²) in [5.41, 5.74) is 0.0406. The van der Waals surface area contributed by atoms with Crippen LogP contribution >= 0.6 is 0 Å². The molecule has 0 atom stereocenters. The molecule has 0 bridgehead atoms. The molecule has 0 saturated heterocycles. The van der Waals surface area contributed by atoms with Crippen molar-refractivity contribution in [3.8, 4) is 0 Å². The normalized spacial score (nSPS) is 13.2. The third-order valence-corrected chi connectivity index (χ3v) is 5.53. The number of nitrogens with one attached hydrogen (secondary N) is 3. The molecule has 146 valence electrons. The van der Waals surface area contributed by atoms with Gasteiger partial charge in [-0.3, -0.25) is 19.7 Å². The Balaban J connectivity index is 1.53. The highest BCUT2D eigenvalue weighted by Crippen LogP contribution is 2.20. The van der Waals surface area contributed by atoms with E-state index in [-0.39, 0.29) is 41.1 Å². The number of carbonyl (C=O) groups is 3. The number of hydrogen-bond donors (Lipinski definition) is 3. The molecule has 3 rings (SSSR count). The first kappa shape index (κ1) is 19.6. The van der Waals surface area contributed by atoms with Crippen molar-refractivity contribution in [3.63, 3.8) is 0 Å². The number of imide groups is 1. The molecule has 0 saturated carbocycles. The van der Waals surface area contributed by atoms with Crippen LogP contribution in [0.5, 0.6) is 0 Å². The summed E-state index contributed by atoms with van der Waals surface area (Å²) in [7, 11) is -3.90. The number of benzene rings is 2. The molecule has 0 aromatic heterocycles. The number of halogens is 1. The zero-order valence-corrected chi connectivity index (χ0v) is 15.3. The first-order valence-corrected chi connectivity index (χ1v) is 9.80. The van der Waals surface area contributed by atoms with E-state index >= 15 is 0 Å². The van der Waals surface area contributed by atoms with Gasteiger partial charge in [-0.2, -0.15) is 0 Å². The van der Waals surface area contributed by atoms with E-state index in [9.17, 15) is 27.2 Å². The van der Waals surface area contributed by atoms with Gasteiger partial charge in [0.25, 0.3) is 17.7 Å². The fourth-order valence-corrected chi connectivity index (χ4v) is 3.73. The highest BCUT2D eigenvalue weighted by molar-refractivity contribution is 7.89. The van der Waals surface area contributed by atoms with Crippen molar-refractivity contribution in [2.75, 3.05) is 13.1 Å². The summed E-state index contributed by atoms with van der Waals surface area (Å²) in [5.74, 6) is -2.44. The number of fused-ring (bicyclic) bond motifs is 1. The molecule has 0 radical (unpaired) electrons. The summed E-state index contributed by atoms with van der Waals surface area (Å²) in [6.45, 7) is 0.152. The Morgan fingerprint density at radius 2 is 1.71 bits per heavy atom. The van der Waals surface area contributed by atoms with Gasteiger partial charge < -0.3 is 5.32 Å². The lowest BCUT2D eigenvalue weighted by Gasteiger charge is -2.09. The Morgan fingerprint density at radius 3 is 2.46 bits per heavy atom. The fourth-order valence-electron chi connectivity index (χ4n) is 2.63. The van der Waals surface area contributed by atoms with Crippen LogP contribution in [-0.2, 0) is 10.0 Å². The van der Waals surface area contributed by atoms with Gasteiger partial charge in [-0.1, -0.05) is 12.1 Å². The number of carbonyl (C=O) groups excluding carboxylic acids is 3. The van der Waals surface area contributed by atoms with E-state index < -0.39 is 33.6 Å². The quantitative estimate of drug-likeness (QED) is 0.465. The van der Waals surface area contributed by atoms with Gasteiger partial charge >= 0.3 is 0 Å². The van der Waals surface area contributed by atoms with E-state index in [2.05, 4.69) is 15.4 Å². The molecule has 1 aliphatic rings. The van der Waals surface area contributed by atoms with Crippen LogP contribution in [0.4, 0.5) is 4.39 Å². The molecular weight excluding hydrogens is 389 g/mol. The highest BCUT2D eigenvalue weighted by Gasteiger charge is 2.28. The van der Waals surface area contributed by atoms with Gasteiger partial charge in [-0.05, 0) is 36.8 Å². The summed E-state index contributed by atoms with van der Waals surface area (Å²) in [6, 6.07) is 9.18. The Kier molecular flexibility index (Phi) is 5.52. The van der Waals surface area contributed by atoms with Crippen molar-refractivity contribution >= 4 is 27.7 Å². The van der Waals surface area contributed by atoms with Crippen LogP contribution < -0.4 is 15.4 Å². The molecule has 8 nitrogen and oxygen atoms in total. The van der Waals surface area contributed by atoms with Crippen LogP contribution in [0.3, 0.4) is 0 Å². The second-order valence-electron chi connectivity index (χ2n) is 5.98. The molecule has 0 unspecified atom stereocenters. The van der Waals surface area contributed by atoms with E-state index in [1.54, 1.807) is 0 Å². The van der Waals surface area contributed by atoms with Gasteiger partial charge in [-0.25, -0.2) is 17.5 Å². The molecule has 2 aromatic carbocycles. The van der Waals surface area contributed by atoms with Gasteiger partial charge in [0.2, 0.25) is 10.0 Å². The van der Waals surface area contributed by atoms with Crippen LogP contribution in [0.2, 0.25) is 0 Å². The van der Waals surface area contributed by atoms with Gasteiger partial charge in [0.15, 0.2) is 0 Å². The van der Waals surface area contributed by atoms with Crippen LogP contribution in [-0.4, -0.2) is 39.2 Å². The minimum absolute atomic E-state index is 0.00465. The molecule has 3 amide bonds. The second-order valence-corrected chi connectivity index (χ2v) is 7.74. The van der Waals surface area contributed by atoms with E-state index in [0.29, 0.717) is 0 Å². The number of rotatable bonds is 7. The maximum absolute atomic E-state index is 13.5. The van der Waals surface area contributed by atoms with Crippen molar-refractivity contribution in [1.82, 2.24) is 15.4 Å². The van der Waals surface area contributed by atoms with E-state index in [0.717, 1.165) is 6.07 Å². The molecule has 1 heterocycles. The molecule has 2 aromatic rings. The molecule has 0 aliphatic carbocycles. The Morgan fingerprint density at radius 1 is 1.00 bits per heavy atom. The molecular formula is C18H16FN3O5S. The lowest BCUT2D eigenvalue weighted by atomic mass is 10.1. The summed E-state index contributed by atoms with van der Waals surface area (Å²) in [6.07, 6.45) is 0.267. The van der Waals surface area contributed by atoms with Gasteiger partial charge in [0.05, 0.1) is 21.6 Å². The van der Waals surface area contributed by atoms with Crippen LogP contribution in [0.25, 0.3) is 0 Å². The van der Waals surface area contributed by atoms with Gasteiger partial charge in [0.1, 0.15) is 5.82 Å². The predicted octanol–water partition coefficient (Wildman–Crippen LogP) is 0.808. The van der Waals surface area contributed by atoms with E-state index in [4.69, 9.17) is 0 Å². The first-order valence-electron chi connectivity index (χ1n) is 8.32. The predicted molar refractivity (Wildman–Crippen MR) is 96.8 cm³/mol. The minimum Gasteiger partial charge on any atom is -0.352 e. The Labute approximate surface area is 160 Å². The molecule has 0 spiro atoms.